The van der Waals surface area contributed by atoms with Gasteiger partial charge in [-0.3, -0.25) is 0 Å². The summed E-state index contributed by atoms with van der Waals surface area (Å²) in [5, 5.41) is 9.93. The van der Waals surface area contributed by atoms with E-state index in [1.165, 1.54) is 5.56 Å². The summed E-state index contributed by atoms with van der Waals surface area (Å²) in [4.78, 5) is 23.8. The van der Waals surface area contributed by atoms with Crippen molar-refractivity contribution in [3.63, 3.8) is 0 Å². The van der Waals surface area contributed by atoms with Crippen molar-refractivity contribution in [3.8, 4) is 11.3 Å². The van der Waals surface area contributed by atoms with Gasteiger partial charge in [-0.1, -0.05) is 42.5 Å². The number of nitrogens with one attached hydrogen (secondary N) is 4. The average molecular weight is 400 g/mol. The second-order valence-corrected chi connectivity index (χ2v) is 7.01. The van der Waals surface area contributed by atoms with Gasteiger partial charge in [-0.2, -0.15) is 0 Å². The molecule has 0 unspecified atom stereocenters. The van der Waals surface area contributed by atoms with Gasteiger partial charge in [0.1, 0.15) is 17.8 Å². The number of carbonyl (C=O) groups is 1. The highest BCUT2D eigenvalue weighted by Gasteiger charge is 2.12. The Balaban J connectivity index is 1.56. The van der Waals surface area contributed by atoms with Crippen molar-refractivity contribution in [2.75, 3.05) is 17.2 Å². The van der Waals surface area contributed by atoms with Crippen molar-refractivity contribution in [1.82, 2.24) is 20.3 Å². The van der Waals surface area contributed by atoms with E-state index >= 15 is 0 Å². The van der Waals surface area contributed by atoms with E-state index in [0.717, 1.165) is 33.8 Å². The number of anilines is 2. The minimum absolute atomic E-state index is 0.113. The number of hydrogen-bond acceptors (Lipinski definition) is 4. The number of benzene rings is 2. The number of amides is 2. The second-order valence-electron chi connectivity index (χ2n) is 7.01. The van der Waals surface area contributed by atoms with Crippen LogP contribution in [0.4, 0.5) is 16.3 Å². The van der Waals surface area contributed by atoms with Gasteiger partial charge in [0.05, 0.1) is 5.39 Å². The van der Waals surface area contributed by atoms with Crippen LogP contribution in [-0.4, -0.2) is 27.5 Å². The Kier molecular flexibility index (Phi) is 5.61. The van der Waals surface area contributed by atoms with Gasteiger partial charge >= 0.3 is 6.03 Å². The summed E-state index contributed by atoms with van der Waals surface area (Å²) in [5.74, 6) is 0.786. The molecule has 0 bridgehead atoms. The molecule has 2 aromatic heterocycles. The van der Waals surface area contributed by atoms with Gasteiger partial charge in [0, 0.05) is 24.0 Å². The van der Waals surface area contributed by atoms with Crippen LogP contribution in [0.5, 0.6) is 0 Å². The van der Waals surface area contributed by atoms with E-state index in [1.54, 1.807) is 6.33 Å². The van der Waals surface area contributed by atoms with E-state index in [0.29, 0.717) is 6.54 Å². The lowest BCUT2D eigenvalue weighted by molar-refractivity contribution is 0.252. The number of nitrogens with zero attached hydrogens (tertiary/aromatic N) is 2. The molecule has 0 saturated heterocycles. The smallest absolute Gasteiger partial charge is 0.319 e. The maximum atomic E-state index is 11.7. The fourth-order valence-corrected chi connectivity index (χ4v) is 3.31. The summed E-state index contributed by atoms with van der Waals surface area (Å²) < 4.78 is 0. The Morgan fingerprint density at radius 2 is 1.83 bits per heavy atom. The third-order valence-corrected chi connectivity index (χ3v) is 4.87. The van der Waals surface area contributed by atoms with E-state index in [1.807, 2.05) is 55.5 Å². The van der Waals surface area contributed by atoms with Crippen LogP contribution in [0.15, 0.2) is 67.0 Å². The first-order valence-corrected chi connectivity index (χ1v) is 9.94. The summed E-state index contributed by atoms with van der Waals surface area (Å²) in [5.41, 5.74) is 4.63. The molecule has 2 aromatic carbocycles. The number of aromatic nitrogens is 3. The number of hydrogen-bond donors (Lipinski definition) is 4. The van der Waals surface area contributed by atoms with Crippen LogP contribution >= 0.6 is 0 Å². The van der Waals surface area contributed by atoms with E-state index < -0.39 is 0 Å². The average Bonchev–Trinajstić information content (AvgIpc) is 3.20. The standard InChI is InChI=1S/C23H24N6O/c1-3-24-23(30)28-18-11-9-17(10-12-18)20-13-19-21(25-14-26-22(19)29-20)27-15(2)16-7-5-4-6-8-16/h4-15H,3H2,1-2H3,(H2,24,28,30)(H2,25,26,27,29)/t15-/m1/s1. The molecule has 2 heterocycles. The zero-order chi connectivity index (χ0) is 20.9. The summed E-state index contributed by atoms with van der Waals surface area (Å²) >= 11 is 0. The Morgan fingerprint density at radius 1 is 1.07 bits per heavy atom. The molecule has 4 N–H and O–H groups in total. The fourth-order valence-electron chi connectivity index (χ4n) is 3.31. The molecule has 1 atom stereocenters. The molecule has 0 radical (unpaired) electrons. The maximum absolute atomic E-state index is 11.7. The second kappa shape index (κ2) is 8.65. The normalized spacial score (nSPS) is 11.8. The first-order chi connectivity index (χ1) is 14.6. The van der Waals surface area contributed by atoms with Gasteiger partial charge in [-0.25, -0.2) is 14.8 Å². The van der Waals surface area contributed by atoms with E-state index in [2.05, 4.69) is 50.0 Å². The van der Waals surface area contributed by atoms with E-state index in [4.69, 9.17) is 0 Å². The highest BCUT2D eigenvalue weighted by atomic mass is 16.2. The van der Waals surface area contributed by atoms with Gasteiger partial charge in [-0.05, 0) is 43.2 Å². The molecule has 7 heteroatoms. The zero-order valence-corrected chi connectivity index (χ0v) is 16.9. The number of urea groups is 1. The first kappa shape index (κ1) is 19.4. The Morgan fingerprint density at radius 3 is 2.57 bits per heavy atom. The summed E-state index contributed by atoms with van der Waals surface area (Å²) in [6, 6.07) is 19.9. The van der Waals surface area contributed by atoms with Crippen molar-refractivity contribution in [2.45, 2.75) is 19.9 Å². The van der Waals surface area contributed by atoms with Crippen molar-refractivity contribution in [1.29, 1.82) is 0 Å². The number of fused-ring (bicyclic) bond motifs is 1. The number of H-pyrrole nitrogens is 1. The number of aromatic amines is 1. The Bertz CT molecular complexity index is 1140. The summed E-state index contributed by atoms with van der Waals surface area (Å²) in [7, 11) is 0. The van der Waals surface area contributed by atoms with Gasteiger partial charge in [0.2, 0.25) is 0 Å². The molecule has 0 aliphatic heterocycles. The molecule has 0 fully saturated rings. The van der Waals surface area contributed by atoms with Crippen LogP contribution in [0.25, 0.3) is 22.3 Å². The van der Waals surface area contributed by atoms with Crippen LogP contribution in [0.3, 0.4) is 0 Å². The molecule has 4 rings (SSSR count). The lowest BCUT2D eigenvalue weighted by Gasteiger charge is -2.15. The van der Waals surface area contributed by atoms with Crippen LogP contribution in [-0.2, 0) is 0 Å². The lowest BCUT2D eigenvalue weighted by atomic mass is 10.1. The Labute approximate surface area is 175 Å². The van der Waals surface area contributed by atoms with Crippen LogP contribution < -0.4 is 16.0 Å². The van der Waals surface area contributed by atoms with Gasteiger partial charge in [0.15, 0.2) is 0 Å². The Hall–Kier alpha value is -3.87. The molecule has 0 saturated carbocycles. The molecule has 152 valence electrons. The highest BCUT2D eigenvalue weighted by Crippen LogP contribution is 2.29. The van der Waals surface area contributed by atoms with Crippen LogP contribution in [0, 0.1) is 0 Å². The van der Waals surface area contributed by atoms with Crippen molar-refractivity contribution in [2.24, 2.45) is 0 Å². The van der Waals surface area contributed by atoms with Crippen molar-refractivity contribution in [3.05, 3.63) is 72.6 Å². The molecule has 7 nitrogen and oxygen atoms in total. The van der Waals surface area contributed by atoms with Crippen LogP contribution in [0.1, 0.15) is 25.5 Å². The monoisotopic (exact) mass is 400 g/mol. The summed E-state index contributed by atoms with van der Waals surface area (Å²) in [6.45, 7) is 4.57. The third kappa shape index (κ3) is 4.25. The van der Waals surface area contributed by atoms with Crippen LogP contribution in [0.2, 0.25) is 0 Å². The highest BCUT2D eigenvalue weighted by molar-refractivity contribution is 5.92. The van der Waals surface area contributed by atoms with Crippen molar-refractivity contribution < 1.29 is 4.79 Å². The lowest BCUT2D eigenvalue weighted by Crippen LogP contribution is -2.28. The molecular formula is C23H24N6O. The predicted molar refractivity (Wildman–Crippen MR) is 120 cm³/mol. The SMILES string of the molecule is CCNC(=O)Nc1ccc(-c2cc3c(N[C@H](C)c4ccccc4)ncnc3[nH]2)cc1. The maximum Gasteiger partial charge on any atom is 0.319 e. The predicted octanol–water partition coefficient (Wildman–Crippen LogP) is 4.94. The van der Waals surface area contributed by atoms with Gasteiger partial charge in [0.25, 0.3) is 0 Å². The van der Waals surface area contributed by atoms with Gasteiger partial charge < -0.3 is 20.9 Å². The van der Waals surface area contributed by atoms with E-state index in [9.17, 15) is 4.79 Å². The minimum Gasteiger partial charge on any atom is -0.363 e. The van der Waals surface area contributed by atoms with Crippen molar-refractivity contribution >= 4 is 28.6 Å². The number of rotatable bonds is 6. The zero-order valence-electron chi connectivity index (χ0n) is 16.9. The molecule has 4 aromatic rings. The molecule has 0 aliphatic carbocycles. The first-order valence-electron chi connectivity index (χ1n) is 9.94. The fraction of sp³-hybridized carbons (Fsp3) is 0.174. The molecular weight excluding hydrogens is 376 g/mol. The third-order valence-electron chi connectivity index (χ3n) is 4.87. The quantitative estimate of drug-likeness (QED) is 0.369. The largest absolute Gasteiger partial charge is 0.363 e. The minimum atomic E-state index is -0.214. The number of carbonyl (C=O) groups excluding carboxylic acids is 1. The molecule has 2 amide bonds. The molecule has 30 heavy (non-hydrogen) atoms. The summed E-state index contributed by atoms with van der Waals surface area (Å²) in [6.07, 6.45) is 1.56. The molecule has 0 aliphatic rings. The molecule has 0 spiro atoms. The topological polar surface area (TPSA) is 94.7 Å². The van der Waals surface area contributed by atoms with E-state index in [-0.39, 0.29) is 12.1 Å². The van der Waals surface area contributed by atoms with Gasteiger partial charge in [-0.15, -0.1) is 0 Å².